The second-order valence-corrected chi connectivity index (χ2v) is 5.09. The largest absolute Gasteiger partial charge is 0.352 e. The maximum absolute atomic E-state index is 12.5. The second-order valence-electron chi connectivity index (χ2n) is 5.09. The van der Waals surface area contributed by atoms with Crippen LogP contribution in [-0.4, -0.2) is 43.4 Å². The summed E-state index contributed by atoms with van der Waals surface area (Å²) >= 11 is 0. The zero-order valence-electron chi connectivity index (χ0n) is 11.9. The van der Waals surface area contributed by atoms with E-state index in [1.807, 2.05) is 44.3 Å². The Hall–Kier alpha value is -1.88. The number of carbonyl (C=O) groups excluding carboxylic acids is 2. The lowest BCUT2D eigenvalue weighted by atomic mass is 10.00. The van der Waals surface area contributed by atoms with Crippen LogP contribution < -0.4 is 10.6 Å². The molecule has 2 unspecified atom stereocenters. The van der Waals surface area contributed by atoms with Gasteiger partial charge in [-0.05, 0) is 12.6 Å². The number of rotatable bonds is 4. The summed E-state index contributed by atoms with van der Waals surface area (Å²) in [6.45, 7) is 3.56. The smallest absolute Gasteiger partial charge is 0.247 e. The molecule has 1 aromatic carbocycles. The van der Waals surface area contributed by atoms with Gasteiger partial charge in [-0.1, -0.05) is 37.3 Å². The molecule has 2 atom stereocenters. The summed E-state index contributed by atoms with van der Waals surface area (Å²) in [6.07, 6.45) is 0. The zero-order valence-corrected chi connectivity index (χ0v) is 11.9. The van der Waals surface area contributed by atoms with Crippen molar-refractivity contribution in [1.82, 2.24) is 15.5 Å². The molecular formula is C15H21N3O2. The number of nitrogens with one attached hydrogen (secondary N) is 2. The van der Waals surface area contributed by atoms with E-state index in [1.54, 1.807) is 4.90 Å². The summed E-state index contributed by atoms with van der Waals surface area (Å²) in [5, 5.41) is 5.84. The third-order valence-electron chi connectivity index (χ3n) is 3.54. The van der Waals surface area contributed by atoms with Crippen LogP contribution >= 0.6 is 0 Å². The first kappa shape index (κ1) is 14.5. The Kier molecular flexibility index (Phi) is 4.74. The van der Waals surface area contributed by atoms with Gasteiger partial charge in [0.15, 0.2) is 0 Å². The molecule has 1 saturated heterocycles. The molecule has 2 N–H and O–H groups in total. The Labute approximate surface area is 119 Å². The summed E-state index contributed by atoms with van der Waals surface area (Å²) in [5.41, 5.74) is 0.856. The fourth-order valence-electron chi connectivity index (χ4n) is 2.55. The monoisotopic (exact) mass is 275 g/mol. The SMILES string of the molecule is CNCC(C)C(=O)N1CCNC(=O)C1c1ccccc1. The maximum Gasteiger partial charge on any atom is 0.247 e. The fourth-order valence-corrected chi connectivity index (χ4v) is 2.55. The molecule has 1 heterocycles. The summed E-state index contributed by atoms with van der Waals surface area (Å²) < 4.78 is 0. The topological polar surface area (TPSA) is 61.4 Å². The molecule has 5 nitrogen and oxygen atoms in total. The third-order valence-corrected chi connectivity index (χ3v) is 3.54. The number of amides is 2. The van der Waals surface area contributed by atoms with E-state index >= 15 is 0 Å². The lowest BCUT2D eigenvalue weighted by Crippen LogP contribution is -2.54. The number of carbonyl (C=O) groups is 2. The predicted molar refractivity (Wildman–Crippen MR) is 77.0 cm³/mol. The first-order valence-electron chi connectivity index (χ1n) is 6.93. The van der Waals surface area contributed by atoms with E-state index in [0.717, 1.165) is 5.56 Å². The van der Waals surface area contributed by atoms with Crippen LogP contribution in [0.1, 0.15) is 18.5 Å². The molecule has 0 aliphatic carbocycles. The fraction of sp³-hybridized carbons (Fsp3) is 0.467. The molecular weight excluding hydrogens is 254 g/mol. The van der Waals surface area contributed by atoms with E-state index in [9.17, 15) is 9.59 Å². The van der Waals surface area contributed by atoms with E-state index in [4.69, 9.17) is 0 Å². The average molecular weight is 275 g/mol. The molecule has 5 heteroatoms. The average Bonchev–Trinajstić information content (AvgIpc) is 2.47. The van der Waals surface area contributed by atoms with E-state index in [1.165, 1.54) is 0 Å². The molecule has 108 valence electrons. The normalized spacial score (nSPS) is 20.4. The molecule has 1 aliphatic rings. The number of hydrogen-bond acceptors (Lipinski definition) is 3. The van der Waals surface area contributed by atoms with Crippen molar-refractivity contribution in [3.8, 4) is 0 Å². The first-order valence-corrected chi connectivity index (χ1v) is 6.93. The minimum absolute atomic E-state index is 0.0167. The predicted octanol–water partition coefficient (Wildman–Crippen LogP) is 0.542. The van der Waals surface area contributed by atoms with Crippen LogP contribution in [0.5, 0.6) is 0 Å². The highest BCUT2D eigenvalue weighted by molar-refractivity contribution is 5.90. The van der Waals surface area contributed by atoms with E-state index in [2.05, 4.69) is 10.6 Å². The quantitative estimate of drug-likeness (QED) is 0.843. The molecule has 20 heavy (non-hydrogen) atoms. The van der Waals surface area contributed by atoms with Gasteiger partial charge in [-0.3, -0.25) is 9.59 Å². The third kappa shape index (κ3) is 2.99. The molecule has 0 radical (unpaired) electrons. The number of hydrogen-bond donors (Lipinski definition) is 2. The van der Waals surface area contributed by atoms with Crippen molar-refractivity contribution in [3.63, 3.8) is 0 Å². The van der Waals surface area contributed by atoms with Gasteiger partial charge in [-0.25, -0.2) is 0 Å². The molecule has 1 aliphatic heterocycles. The van der Waals surface area contributed by atoms with Crippen LogP contribution in [0.15, 0.2) is 30.3 Å². The van der Waals surface area contributed by atoms with Gasteiger partial charge in [0, 0.05) is 25.6 Å². The maximum atomic E-state index is 12.5. The van der Waals surface area contributed by atoms with Crippen molar-refractivity contribution < 1.29 is 9.59 Å². The molecule has 0 bridgehead atoms. The number of piperazine rings is 1. The van der Waals surface area contributed by atoms with Crippen molar-refractivity contribution in [2.75, 3.05) is 26.7 Å². The van der Waals surface area contributed by atoms with Crippen LogP contribution in [0, 0.1) is 5.92 Å². The minimum atomic E-state index is -0.517. The second kappa shape index (κ2) is 6.52. The Morgan fingerprint density at radius 1 is 1.45 bits per heavy atom. The van der Waals surface area contributed by atoms with Gasteiger partial charge >= 0.3 is 0 Å². The highest BCUT2D eigenvalue weighted by Crippen LogP contribution is 2.24. The minimum Gasteiger partial charge on any atom is -0.352 e. The van der Waals surface area contributed by atoms with Gasteiger partial charge in [-0.15, -0.1) is 0 Å². The zero-order chi connectivity index (χ0) is 14.5. The Balaban J connectivity index is 2.25. The highest BCUT2D eigenvalue weighted by atomic mass is 16.2. The molecule has 1 fully saturated rings. The highest BCUT2D eigenvalue weighted by Gasteiger charge is 2.35. The van der Waals surface area contributed by atoms with E-state index < -0.39 is 6.04 Å². The van der Waals surface area contributed by atoms with Gasteiger partial charge < -0.3 is 15.5 Å². The van der Waals surface area contributed by atoms with Crippen molar-refractivity contribution in [1.29, 1.82) is 0 Å². The molecule has 2 rings (SSSR count). The molecule has 1 aromatic rings. The van der Waals surface area contributed by atoms with Crippen LogP contribution in [0.3, 0.4) is 0 Å². The van der Waals surface area contributed by atoms with Crippen LogP contribution in [0.25, 0.3) is 0 Å². The van der Waals surface area contributed by atoms with Crippen LogP contribution in [-0.2, 0) is 9.59 Å². The van der Waals surface area contributed by atoms with Crippen molar-refractivity contribution >= 4 is 11.8 Å². The summed E-state index contributed by atoms with van der Waals surface area (Å²) in [4.78, 5) is 26.4. The summed E-state index contributed by atoms with van der Waals surface area (Å²) in [7, 11) is 1.82. The molecule has 0 saturated carbocycles. The van der Waals surface area contributed by atoms with Crippen LogP contribution in [0.2, 0.25) is 0 Å². The Morgan fingerprint density at radius 3 is 2.80 bits per heavy atom. The Morgan fingerprint density at radius 2 is 2.15 bits per heavy atom. The van der Waals surface area contributed by atoms with E-state index in [-0.39, 0.29) is 17.7 Å². The molecule has 0 aromatic heterocycles. The standard InChI is InChI=1S/C15H21N3O2/c1-11(10-16-2)15(20)18-9-8-17-14(19)13(18)12-6-4-3-5-7-12/h3-7,11,13,16H,8-10H2,1-2H3,(H,17,19). The first-order chi connectivity index (χ1) is 9.65. The van der Waals surface area contributed by atoms with Crippen molar-refractivity contribution in [2.45, 2.75) is 13.0 Å². The number of benzene rings is 1. The van der Waals surface area contributed by atoms with Crippen molar-refractivity contribution in [2.24, 2.45) is 5.92 Å². The van der Waals surface area contributed by atoms with Crippen LogP contribution in [0.4, 0.5) is 0 Å². The summed E-state index contributed by atoms with van der Waals surface area (Å²) in [6, 6.07) is 8.93. The molecule has 0 spiro atoms. The van der Waals surface area contributed by atoms with Gasteiger partial charge in [0.25, 0.3) is 0 Å². The van der Waals surface area contributed by atoms with Gasteiger partial charge in [0.1, 0.15) is 6.04 Å². The summed E-state index contributed by atoms with van der Waals surface area (Å²) in [5.74, 6) is -0.229. The number of nitrogens with zero attached hydrogens (tertiary/aromatic N) is 1. The van der Waals surface area contributed by atoms with Crippen molar-refractivity contribution in [3.05, 3.63) is 35.9 Å². The lowest BCUT2D eigenvalue weighted by Gasteiger charge is -2.36. The van der Waals surface area contributed by atoms with Gasteiger partial charge in [-0.2, -0.15) is 0 Å². The van der Waals surface area contributed by atoms with Gasteiger partial charge in [0.2, 0.25) is 11.8 Å². The molecule has 2 amide bonds. The van der Waals surface area contributed by atoms with Gasteiger partial charge in [0.05, 0.1) is 0 Å². The van der Waals surface area contributed by atoms with E-state index in [0.29, 0.717) is 19.6 Å². The lowest BCUT2D eigenvalue weighted by molar-refractivity contribution is -0.146. The Bertz CT molecular complexity index is 475.